The third-order valence-corrected chi connectivity index (χ3v) is 8.41. The highest BCUT2D eigenvalue weighted by Gasteiger charge is 2.46. The van der Waals surface area contributed by atoms with Gasteiger partial charge in [0, 0.05) is 18.0 Å². The van der Waals surface area contributed by atoms with Crippen LogP contribution in [0, 0.1) is 12.7 Å². The number of pyridine rings is 1. The van der Waals surface area contributed by atoms with Gasteiger partial charge in [-0.15, -0.1) is 0 Å². The van der Waals surface area contributed by atoms with Crippen molar-refractivity contribution in [1.82, 2.24) is 24.3 Å². The van der Waals surface area contributed by atoms with Crippen LogP contribution in [0.4, 0.5) is 23.2 Å². The van der Waals surface area contributed by atoms with Crippen LogP contribution in [-0.4, -0.2) is 44.4 Å². The molecule has 9 nitrogen and oxygen atoms in total. The summed E-state index contributed by atoms with van der Waals surface area (Å²) in [6.07, 6.45) is 0.126. The maximum Gasteiger partial charge on any atom is 0.435 e. The molecule has 0 radical (unpaired) electrons. The molecule has 4 rings (SSSR count). The van der Waals surface area contributed by atoms with Gasteiger partial charge in [0.05, 0.1) is 23.3 Å². The maximum absolute atomic E-state index is 14.7. The number of rotatable bonds is 5. The molecule has 1 fully saturated rings. The molecule has 3 aromatic heterocycles. The summed E-state index contributed by atoms with van der Waals surface area (Å²) >= 11 is 0. The molecule has 1 atom stereocenters. The van der Waals surface area contributed by atoms with E-state index in [0.29, 0.717) is 12.8 Å². The molecule has 1 aliphatic rings. The number of alkyl halides is 3. The van der Waals surface area contributed by atoms with Gasteiger partial charge in [0.2, 0.25) is 5.91 Å². The molecule has 4 heterocycles. The van der Waals surface area contributed by atoms with Gasteiger partial charge in [-0.05, 0) is 32.8 Å². The fourth-order valence-electron chi connectivity index (χ4n) is 3.81. The molecular formula is C20H20F4N6O3S. The van der Waals surface area contributed by atoms with Gasteiger partial charge in [-0.2, -0.15) is 18.3 Å². The molecule has 1 aliphatic heterocycles. The number of hydrogen-bond donors (Lipinski definition) is 1. The molecular weight excluding hydrogens is 480 g/mol. The van der Waals surface area contributed by atoms with Gasteiger partial charge in [-0.25, -0.2) is 22.8 Å². The van der Waals surface area contributed by atoms with Crippen molar-refractivity contribution in [2.45, 2.75) is 44.2 Å². The zero-order chi connectivity index (χ0) is 24.9. The number of nitrogens with zero attached hydrogens (tertiary/aromatic N) is 5. The second-order valence-corrected chi connectivity index (χ2v) is 10.8. The average molecular weight is 500 g/mol. The lowest BCUT2D eigenvalue weighted by atomic mass is 10.0. The maximum atomic E-state index is 14.7. The van der Waals surface area contributed by atoms with E-state index in [1.54, 1.807) is 6.92 Å². The van der Waals surface area contributed by atoms with Gasteiger partial charge in [0.1, 0.15) is 17.6 Å². The SMILES string of the molecule is Cc1cc(C(F)(F)F)nn1CC(=O)Nc1cnc(-n2cnc([C@@]3(C)CCCS3(=O)=O)c2)c(F)c1. The average Bonchev–Trinajstić information content (AvgIpc) is 3.41. The van der Waals surface area contributed by atoms with Crippen molar-refractivity contribution in [1.29, 1.82) is 0 Å². The Morgan fingerprint density at radius 3 is 2.59 bits per heavy atom. The molecule has 0 aromatic carbocycles. The topological polar surface area (TPSA) is 112 Å². The summed E-state index contributed by atoms with van der Waals surface area (Å²) in [5.41, 5.74) is -0.709. The third-order valence-electron chi connectivity index (χ3n) is 5.79. The van der Waals surface area contributed by atoms with E-state index >= 15 is 0 Å². The number of anilines is 1. The standard InChI is InChI=1S/C20H20F4N6O3S/c1-12-6-15(20(22,23)24)28-30(12)10-17(31)27-13-7-14(21)18(25-8-13)29-9-16(26-11-29)19(2)4-3-5-34(19,32)33/h6-9,11H,3-5,10H2,1-2H3,(H,27,31)/t19-/m1/s1. The number of carbonyl (C=O) groups excluding carboxylic acids is 1. The van der Waals surface area contributed by atoms with Crippen LogP contribution in [0.2, 0.25) is 0 Å². The van der Waals surface area contributed by atoms with E-state index in [-0.39, 0.29) is 28.6 Å². The summed E-state index contributed by atoms with van der Waals surface area (Å²) in [5, 5.41) is 5.74. The van der Waals surface area contributed by atoms with Gasteiger partial charge in [0.15, 0.2) is 27.2 Å². The summed E-state index contributed by atoms with van der Waals surface area (Å²) < 4.78 is 78.8. The van der Waals surface area contributed by atoms with Crippen molar-refractivity contribution in [2.75, 3.05) is 11.1 Å². The highest BCUT2D eigenvalue weighted by Crippen LogP contribution is 2.40. The van der Waals surface area contributed by atoms with Crippen LogP contribution in [0.3, 0.4) is 0 Å². The fourth-order valence-corrected chi connectivity index (χ4v) is 5.67. The first-order chi connectivity index (χ1) is 15.8. The van der Waals surface area contributed by atoms with Gasteiger partial charge in [-0.1, -0.05) is 0 Å². The van der Waals surface area contributed by atoms with Crippen molar-refractivity contribution in [3.05, 3.63) is 53.8 Å². The normalized spacial score (nSPS) is 19.9. The number of aryl methyl sites for hydroxylation is 1. The fraction of sp³-hybridized carbons (Fsp3) is 0.400. The van der Waals surface area contributed by atoms with Gasteiger partial charge < -0.3 is 5.32 Å². The predicted molar refractivity (Wildman–Crippen MR) is 112 cm³/mol. The Bertz CT molecular complexity index is 1360. The van der Waals surface area contributed by atoms with Crippen LogP contribution in [0.5, 0.6) is 0 Å². The molecule has 0 aliphatic carbocycles. The second kappa shape index (κ2) is 8.18. The van der Waals surface area contributed by atoms with Crippen LogP contribution in [0.15, 0.2) is 30.9 Å². The zero-order valence-electron chi connectivity index (χ0n) is 18.1. The molecule has 0 spiro atoms. The summed E-state index contributed by atoms with van der Waals surface area (Å²) in [7, 11) is -3.38. The van der Waals surface area contributed by atoms with Gasteiger partial charge in [0.25, 0.3) is 0 Å². The predicted octanol–water partition coefficient (Wildman–Crippen LogP) is 2.99. The van der Waals surface area contributed by atoms with Crippen molar-refractivity contribution in [3.63, 3.8) is 0 Å². The molecule has 0 unspecified atom stereocenters. The summed E-state index contributed by atoms with van der Waals surface area (Å²) in [5.74, 6) is -1.64. The Hall–Kier alpha value is -3.29. The third kappa shape index (κ3) is 4.29. The van der Waals surface area contributed by atoms with Crippen LogP contribution >= 0.6 is 0 Å². The van der Waals surface area contributed by atoms with Crippen molar-refractivity contribution >= 4 is 21.4 Å². The lowest BCUT2D eigenvalue weighted by molar-refractivity contribution is -0.141. The molecule has 0 saturated carbocycles. The van der Waals surface area contributed by atoms with E-state index in [1.807, 2.05) is 0 Å². The first-order valence-electron chi connectivity index (χ1n) is 10.1. The Labute approximate surface area is 191 Å². The number of imidazole rings is 1. The minimum absolute atomic E-state index is 0.0159. The number of hydrogen-bond acceptors (Lipinski definition) is 6. The summed E-state index contributed by atoms with van der Waals surface area (Å²) in [6, 6.07) is 1.81. The summed E-state index contributed by atoms with van der Waals surface area (Å²) in [6.45, 7) is 2.45. The van der Waals surface area contributed by atoms with E-state index in [0.717, 1.165) is 16.8 Å². The van der Waals surface area contributed by atoms with Crippen LogP contribution in [-0.2, 0) is 32.1 Å². The number of halogens is 4. The lowest BCUT2D eigenvalue weighted by Gasteiger charge is -2.19. The van der Waals surface area contributed by atoms with E-state index in [2.05, 4.69) is 20.4 Å². The van der Waals surface area contributed by atoms with Crippen LogP contribution in [0.1, 0.15) is 36.8 Å². The molecule has 14 heteroatoms. The molecule has 34 heavy (non-hydrogen) atoms. The van der Waals surface area contributed by atoms with Gasteiger partial charge >= 0.3 is 6.18 Å². The van der Waals surface area contributed by atoms with Crippen LogP contribution in [0.25, 0.3) is 5.82 Å². The minimum atomic E-state index is -4.64. The Kier molecular flexibility index (Phi) is 5.74. The molecule has 1 N–H and O–H groups in total. The largest absolute Gasteiger partial charge is 0.435 e. The highest BCUT2D eigenvalue weighted by molar-refractivity contribution is 7.92. The second-order valence-electron chi connectivity index (χ2n) is 8.22. The first-order valence-corrected chi connectivity index (χ1v) is 11.8. The number of aromatic nitrogens is 5. The minimum Gasteiger partial charge on any atom is -0.323 e. The Balaban J connectivity index is 1.49. The lowest BCUT2D eigenvalue weighted by Crippen LogP contribution is -2.28. The quantitative estimate of drug-likeness (QED) is 0.539. The Morgan fingerprint density at radius 2 is 2.00 bits per heavy atom. The van der Waals surface area contributed by atoms with Crippen molar-refractivity contribution in [3.8, 4) is 5.82 Å². The summed E-state index contributed by atoms with van der Waals surface area (Å²) in [4.78, 5) is 20.4. The number of amides is 1. The molecule has 1 saturated heterocycles. The van der Waals surface area contributed by atoms with E-state index in [1.165, 1.54) is 30.2 Å². The monoisotopic (exact) mass is 500 g/mol. The number of nitrogens with one attached hydrogen (secondary N) is 1. The van der Waals surface area contributed by atoms with Gasteiger partial charge in [-0.3, -0.25) is 14.0 Å². The Morgan fingerprint density at radius 1 is 1.26 bits per heavy atom. The highest BCUT2D eigenvalue weighted by atomic mass is 32.2. The van der Waals surface area contributed by atoms with Crippen molar-refractivity contribution < 1.29 is 30.8 Å². The van der Waals surface area contributed by atoms with Crippen molar-refractivity contribution in [2.24, 2.45) is 0 Å². The molecule has 0 bridgehead atoms. The number of sulfone groups is 1. The van der Waals surface area contributed by atoms with Crippen LogP contribution < -0.4 is 5.32 Å². The molecule has 1 amide bonds. The van der Waals surface area contributed by atoms with E-state index < -0.39 is 44.7 Å². The van der Waals surface area contributed by atoms with E-state index in [9.17, 15) is 30.8 Å². The first kappa shape index (κ1) is 23.9. The zero-order valence-corrected chi connectivity index (χ0v) is 18.9. The molecule has 182 valence electrons. The number of carbonyl (C=O) groups is 1. The smallest absolute Gasteiger partial charge is 0.323 e. The van der Waals surface area contributed by atoms with E-state index in [4.69, 9.17) is 0 Å². The molecule has 3 aromatic rings.